The maximum atomic E-state index is 4.64. The van der Waals surface area contributed by atoms with Crippen LogP contribution in [0.5, 0.6) is 0 Å². The van der Waals surface area contributed by atoms with Gasteiger partial charge in [-0.15, -0.1) is 0 Å². The monoisotopic (exact) mass is 405 g/mol. The molecular weight excluding hydrogens is 362 g/mol. The van der Waals surface area contributed by atoms with E-state index in [4.69, 9.17) is 0 Å². The van der Waals surface area contributed by atoms with Crippen LogP contribution in [0.3, 0.4) is 0 Å². The van der Waals surface area contributed by atoms with E-state index in [9.17, 15) is 0 Å². The van der Waals surface area contributed by atoms with Gasteiger partial charge in [-0.1, -0.05) is 123 Å². The van der Waals surface area contributed by atoms with E-state index in [0.29, 0.717) is 5.41 Å². The first-order valence-electron chi connectivity index (χ1n) is 11.6. The number of aliphatic imine (C=N–C) groups is 1. The van der Waals surface area contributed by atoms with Gasteiger partial charge >= 0.3 is 0 Å². The smallest absolute Gasteiger partial charge is 0.0665 e. The number of hydrogen-bond donors (Lipinski definition) is 0. The van der Waals surface area contributed by atoms with Gasteiger partial charge in [-0.2, -0.15) is 0 Å². The number of para-hydroxylation sites is 1. The highest BCUT2D eigenvalue weighted by Gasteiger charge is 2.24. The molecule has 0 amide bonds. The fourth-order valence-corrected chi connectivity index (χ4v) is 3.33. The Morgan fingerprint density at radius 1 is 0.633 bits per heavy atom. The molecule has 0 spiro atoms. The van der Waals surface area contributed by atoms with Crippen molar-refractivity contribution < 1.29 is 0 Å². The van der Waals surface area contributed by atoms with Crippen molar-refractivity contribution in [3.8, 4) is 0 Å². The molecule has 1 aliphatic heterocycles. The molecule has 30 heavy (non-hydrogen) atoms. The molecule has 1 heterocycles. The molecule has 4 rings (SSSR count). The largest absolute Gasteiger partial charge is 0.257 e. The summed E-state index contributed by atoms with van der Waals surface area (Å²) in [5.41, 5.74) is 8.79. The van der Waals surface area contributed by atoms with Crippen LogP contribution in [0.2, 0.25) is 0 Å². The Labute approximate surface area is 186 Å². The predicted octanol–water partition coefficient (Wildman–Crippen LogP) is 9.09. The number of rotatable bonds is 0. The standard InChI is InChI=1S/C13H16.C12H15N.2C2H6/c1-13(2,3)12-8-10-6-4-5-7-11(10)9-12;1-12(2,3)11-8-9-6-4-5-7-10(9)13-11;2*1-2/h4-8H,9H2,1-3H3;4-7H,8H2,1-3H3;2*1-2H3. The van der Waals surface area contributed by atoms with E-state index >= 15 is 0 Å². The summed E-state index contributed by atoms with van der Waals surface area (Å²) in [6.07, 6.45) is 4.51. The number of hydrogen-bond acceptors (Lipinski definition) is 1. The van der Waals surface area contributed by atoms with Crippen molar-refractivity contribution in [2.24, 2.45) is 15.8 Å². The van der Waals surface area contributed by atoms with Gasteiger partial charge in [0.25, 0.3) is 0 Å². The molecule has 1 aliphatic carbocycles. The third-order valence-corrected chi connectivity index (χ3v) is 5.20. The van der Waals surface area contributed by atoms with Crippen LogP contribution in [0.25, 0.3) is 6.08 Å². The lowest BCUT2D eigenvalue weighted by Crippen LogP contribution is -2.19. The lowest BCUT2D eigenvalue weighted by atomic mass is 9.85. The van der Waals surface area contributed by atoms with Gasteiger partial charge in [0.1, 0.15) is 0 Å². The Morgan fingerprint density at radius 3 is 1.67 bits per heavy atom. The van der Waals surface area contributed by atoms with Crippen molar-refractivity contribution in [3.05, 3.63) is 70.8 Å². The van der Waals surface area contributed by atoms with E-state index in [0.717, 1.165) is 18.5 Å². The summed E-state index contributed by atoms with van der Waals surface area (Å²) in [6.45, 7) is 21.5. The fraction of sp³-hybridized carbons (Fsp3) is 0.483. The third kappa shape index (κ3) is 6.97. The maximum Gasteiger partial charge on any atom is 0.0665 e. The summed E-state index contributed by atoms with van der Waals surface area (Å²) in [6, 6.07) is 17.1. The normalized spacial score (nSPS) is 13.8. The Hall–Kier alpha value is -2.15. The molecule has 0 N–H and O–H groups in total. The van der Waals surface area contributed by atoms with Crippen molar-refractivity contribution >= 4 is 17.5 Å². The van der Waals surface area contributed by atoms with Crippen molar-refractivity contribution in [3.63, 3.8) is 0 Å². The van der Waals surface area contributed by atoms with Crippen LogP contribution in [-0.2, 0) is 12.8 Å². The van der Waals surface area contributed by atoms with E-state index in [1.807, 2.05) is 33.8 Å². The van der Waals surface area contributed by atoms with Gasteiger partial charge in [0.2, 0.25) is 0 Å². The molecule has 1 nitrogen and oxygen atoms in total. The molecule has 1 heteroatoms. The van der Waals surface area contributed by atoms with E-state index in [2.05, 4.69) is 95.1 Å². The Kier molecular flexibility index (Phi) is 9.75. The lowest BCUT2D eigenvalue weighted by Gasteiger charge is -2.19. The molecule has 0 saturated carbocycles. The summed E-state index contributed by atoms with van der Waals surface area (Å²) >= 11 is 0. The maximum absolute atomic E-state index is 4.64. The molecule has 164 valence electrons. The molecule has 0 bridgehead atoms. The summed E-state index contributed by atoms with van der Waals surface area (Å²) in [4.78, 5) is 4.64. The second-order valence-corrected chi connectivity index (χ2v) is 9.41. The number of nitrogens with zero attached hydrogens (tertiary/aromatic N) is 1. The van der Waals surface area contributed by atoms with Gasteiger partial charge in [-0.3, -0.25) is 4.99 Å². The molecular formula is C29H43N. The van der Waals surface area contributed by atoms with E-state index in [1.54, 1.807) is 5.57 Å². The predicted molar refractivity (Wildman–Crippen MR) is 137 cm³/mol. The third-order valence-electron chi connectivity index (χ3n) is 5.20. The molecule has 0 radical (unpaired) electrons. The Bertz CT molecular complexity index is 781. The van der Waals surface area contributed by atoms with Crippen LogP contribution >= 0.6 is 0 Å². The number of allylic oxidation sites excluding steroid dienone is 1. The highest BCUT2D eigenvalue weighted by Crippen LogP contribution is 2.36. The number of fused-ring (bicyclic) bond motifs is 2. The fourth-order valence-electron chi connectivity index (χ4n) is 3.33. The van der Waals surface area contributed by atoms with Crippen LogP contribution in [0.15, 0.2) is 59.1 Å². The van der Waals surface area contributed by atoms with Crippen LogP contribution in [-0.4, -0.2) is 5.71 Å². The summed E-state index contributed by atoms with van der Waals surface area (Å²) in [7, 11) is 0. The molecule has 0 unspecified atom stereocenters. The highest BCUT2D eigenvalue weighted by molar-refractivity contribution is 5.97. The molecule has 0 atom stereocenters. The van der Waals surface area contributed by atoms with E-state index in [-0.39, 0.29) is 5.41 Å². The molecule has 0 fully saturated rings. The molecule has 0 saturated heterocycles. The molecule has 2 aromatic rings. The minimum absolute atomic E-state index is 0.207. The van der Waals surface area contributed by atoms with Crippen LogP contribution in [0.1, 0.15) is 85.9 Å². The zero-order chi connectivity index (χ0) is 22.9. The molecule has 2 aliphatic rings. The van der Waals surface area contributed by atoms with Gasteiger partial charge in [-0.05, 0) is 34.6 Å². The van der Waals surface area contributed by atoms with Gasteiger partial charge < -0.3 is 0 Å². The van der Waals surface area contributed by atoms with Crippen molar-refractivity contribution in [1.29, 1.82) is 0 Å². The first-order chi connectivity index (χ1) is 14.1. The van der Waals surface area contributed by atoms with Crippen molar-refractivity contribution in [2.45, 2.75) is 82.1 Å². The average molecular weight is 406 g/mol. The second kappa shape index (κ2) is 11.3. The number of benzene rings is 2. The van der Waals surface area contributed by atoms with Gasteiger partial charge in [0.05, 0.1) is 5.69 Å². The van der Waals surface area contributed by atoms with Gasteiger partial charge in [0, 0.05) is 17.5 Å². The van der Waals surface area contributed by atoms with Gasteiger partial charge in [-0.25, -0.2) is 0 Å². The Morgan fingerprint density at radius 2 is 1.17 bits per heavy atom. The van der Waals surface area contributed by atoms with Crippen LogP contribution < -0.4 is 0 Å². The zero-order valence-electron chi connectivity index (χ0n) is 21.1. The first-order valence-corrected chi connectivity index (χ1v) is 11.6. The van der Waals surface area contributed by atoms with E-state index < -0.39 is 0 Å². The minimum atomic E-state index is 0.207. The average Bonchev–Trinajstić information content (AvgIpc) is 3.35. The molecule has 2 aromatic carbocycles. The van der Waals surface area contributed by atoms with E-state index in [1.165, 1.54) is 22.4 Å². The van der Waals surface area contributed by atoms with Crippen LogP contribution in [0, 0.1) is 10.8 Å². The van der Waals surface area contributed by atoms with Crippen LogP contribution in [0.4, 0.5) is 5.69 Å². The topological polar surface area (TPSA) is 12.4 Å². The SMILES string of the molecule is CC.CC.CC(C)(C)C1=Cc2ccccc2C1.CC(C)(C)C1=Nc2ccccc2C1. The molecule has 0 aromatic heterocycles. The van der Waals surface area contributed by atoms with Crippen molar-refractivity contribution in [1.82, 2.24) is 0 Å². The highest BCUT2D eigenvalue weighted by atomic mass is 14.8. The summed E-state index contributed by atoms with van der Waals surface area (Å²) in [5.74, 6) is 0. The Balaban J connectivity index is 0.000000258. The zero-order valence-corrected chi connectivity index (χ0v) is 21.1. The lowest BCUT2D eigenvalue weighted by molar-refractivity contribution is 0.498. The quantitative estimate of drug-likeness (QED) is 0.414. The summed E-state index contributed by atoms with van der Waals surface area (Å²) < 4.78 is 0. The van der Waals surface area contributed by atoms with Crippen molar-refractivity contribution in [2.75, 3.05) is 0 Å². The van der Waals surface area contributed by atoms with Gasteiger partial charge in [0.15, 0.2) is 0 Å². The summed E-state index contributed by atoms with van der Waals surface area (Å²) in [5, 5.41) is 0. The first kappa shape index (κ1) is 25.9. The minimum Gasteiger partial charge on any atom is -0.257 e. The second-order valence-electron chi connectivity index (χ2n) is 9.41.